The summed E-state index contributed by atoms with van der Waals surface area (Å²) in [6.07, 6.45) is 2.83. The fourth-order valence-electron chi connectivity index (χ4n) is 1.60. The largest absolute Gasteiger partial charge is 0.504 e. The number of benzene rings is 1. The lowest BCUT2D eigenvalue weighted by molar-refractivity contribution is 0.0950. The fraction of sp³-hybridized carbons (Fsp3) is 0.0714. The molecule has 0 aliphatic carbocycles. The van der Waals surface area contributed by atoms with Gasteiger partial charge >= 0.3 is 0 Å². The van der Waals surface area contributed by atoms with Gasteiger partial charge in [0.15, 0.2) is 11.5 Å². The average Bonchev–Trinajstić information content (AvgIpc) is 2.54. The molecule has 0 aliphatic rings. The quantitative estimate of drug-likeness (QED) is 0.578. The third-order valence-electron chi connectivity index (χ3n) is 2.67. The van der Waals surface area contributed by atoms with Gasteiger partial charge in [-0.15, -0.1) is 0 Å². The lowest BCUT2D eigenvalue weighted by atomic mass is 10.2. The van der Waals surface area contributed by atoms with Crippen LogP contribution in [0.3, 0.4) is 0 Å². The predicted octanol–water partition coefficient (Wildman–Crippen LogP) is 3.08. The molecule has 0 spiro atoms. The number of hydrogen-bond donors (Lipinski definition) is 2. The van der Waals surface area contributed by atoms with Crippen LogP contribution in [0.2, 0.25) is 0 Å². The maximum Gasteiger partial charge on any atom is 0.289 e. The van der Waals surface area contributed by atoms with Crippen LogP contribution in [0, 0.1) is 0 Å². The molecule has 0 atom stereocenters. The van der Waals surface area contributed by atoms with Gasteiger partial charge in [0, 0.05) is 15.1 Å². The van der Waals surface area contributed by atoms with E-state index in [9.17, 15) is 9.90 Å². The molecule has 2 N–H and O–H groups in total. The number of phenolic OH excluding ortho intramolecular Hbond substituents is 1. The number of hydrazone groups is 1. The second kappa shape index (κ2) is 7.37. The fourth-order valence-corrected chi connectivity index (χ4v) is 2.42. The lowest BCUT2D eigenvalue weighted by Crippen LogP contribution is -2.18. The first kappa shape index (κ1) is 16.4. The third kappa shape index (κ3) is 3.63. The first-order valence-corrected chi connectivity index (χ1v) is 7.62. The zero-order valence-corrected chi connectivity index (χ0v) is 14.6. The summed E-state index contributed by atoms with van der Waals surface area (Å²) in [4.78, 5) is 15.7. The number of aromatic hydroxyl groups is 1. The van der Waals surface area contributed by atoms with Crippen molar-refractivity contribution in [3.05, 3.63) is 50.7 Å². The minimum Gasteiger partial charge on any atom is -0.504 e. The Morgan fingerprint density at radius 3 is 2.86 bits per heavy atom. The summed E-state index contributed by atoms with van der Waals surface area (Å²) < 4.78 is 6.32. The molecule has 6 nitrogen and oxygen atoms in total. The van der Waals surface area contributed by atoms with E-state index in [1.54, 1.807) is 24.3 Å². The number of phenols is 1. The van der Waals surface area contributed by atoms with Gasteiger partial charge in [-0.05, 0) is 50.1 Å². The number of amides is 1. The molecule has 1 heterocycles. The van der Waals surface area contributed by atoms with Crippen LogP contribution in [0.5, 0.6) is 11.5 Å². The van der Waals surface area contributed by atoms with Gasteiger partial charge in [0.05, 0.1) is 18.9 Å². The highest BCUT2D eigenvalue weighted by molar-refractivity contribution is 9.13. The van der Waals surface area contributed by atoms with Gasteiger partial charge in [-0.25, -0.2) is 5.43 Å². The smallest absolute Gasteiger partial charge is 0.289 e. The molecular formula is C14H11Br2N3O3. The monoisotopic (exact) mass is 427 g/mol. The van der Waals surface area contributed by atoms with Gasteiger partial charge in [-0.3, -0.25) is 9.78 Å². The van der Waals surface area contributed by atoms with E-state index < -0.39 is 5.91 Å². The molecule has 0 saturated carbocycles. The number of aromatic nitrogens is 1. The molecule has 1 aromatic carbocycles. The third-order valence-corrected chi connectivity index (χ3v) is 4.68. The summed E-state index contributed by atoms with van der Waals surface area (Å²) in [5, 5.41) is 13.9. The number of pyridine rings is 1. The molecule has 1 amide bonds. The Bertz CT molecular complexity index is 721. The maximum absolute atomic E-state index is 11.8. The van der Waals surface area contributed by atoms with E-state index in [1.807, 2.05) is 0 Å². The normalized spacial score (nSPS) is 10.7. The van der Waals surface area contributed by atoms with Gasteiger partial charge in [0.1, 0.15) is 5.69 Å². The Labute approximate surface area is 143 Å². The van der Waals surface area contributed by atoms with Crippen LogP contribution in [0.15, 0.2) is 44.5 Å². The highest BCUT2D eigenvalue weighted by atomic mass is 79.9. The molecule has 22 heavy (non-hydrogen) atoms. The number of carbonyl (C=O) groups excluding carboxylic acids is 1. The SMILES string of the molecule is COc1cc(Br)c(Br)c(/C=N/NC(=O)c2ccccn2)c1O. The summed E-state index contributed by atoms with van der Waals surface area (Å²) in [6, 6.07) is 6.60. The summed E-state index contributed by atoms with van der Waals surface area (Å²) in [5.41, 5.74) is 2.95. The number of rotatable bonds is 4. The van der Waals surface area contributed by atoms with Gasteiger partial charge < -0.3 is 9.84 Å². The highest BCUT2D eigenvalue weighted by Gasteiger charge is 2.14. The van der Waals surface area contributed by atoms with E-state index in [4.69, 9.17) is 4.74 Å². The Hall–Kier alpha value is -1.93. The van der Waals surface area contributed by atoms with Gasteiger partial charge in [-0.1, -0.05) is 6.07 Å². The number of carbonyl (C=O) groups is 1. The number of nitrogens with one attached hydrogen (secondary N) is 1. The molecule has 0 radical (unpaired) electrons. The van der Waals surface area contributed by atoms with E-state index in [0.717, 1.165) is 0 Å². The average molecular weight is 429 g/mol. The van der Waals surface area contributed by atoms with Crippen LogP contribution < -0.4 is 10.2 Å². The van der Waals surface area contributed by atoms with Crippen molar-refractivity contribution in [2.24, 2.45) is 5.10 Å². The summed E-state index contributed by atoms with van der Waals surface area (Å²) >= 11 is 6.66. The van der Waals surface area contributed by atoms with Crippen LogP contribution in [-0.4, -0.2) is 29.3 Å². The molecule has 8 heteroatoms. The second-order valence-corrected chi connectivity index (χ2v) is 5.70. The van der Waals surface area contributed by atoms with E-state index in [2.05, 4.69) is 47.4 Å². The van der Waals surface area contributed by atoms with E-state index in [1.165, 1.54) is 19.5 Å². The molecule has 114 valence electrons. The zero-order valence-electron chi connectivity index (χ0n) is 11.4. The van der Waals surface area contributed by atoms with Gasteiger partial charge in [-0.2, -0.15) is 5.10 Å². The van der Waals surface area contributed by atoms with Crippen molar-refractivity contribution in [2.45, 2.75) is 0 Å². The van der Waals surface area contributed by atoms with Crippen molar-refractivity contribution >= 4 is 44.0 Å². The van der Waals surface area contributed by atoms with E-state index in [0.29, 0.717) is 14.5 Å². The second-order valence-electron chi connectivity index (χ2n) is 4.05. The first-order valence-electron chi connectivity index (χ1n) is 6.04. The molecule has 0 fully saturated rings. The lowest BCUT2D eigenvalue weighted by Gasteiger charge is -2.09. The van der Waals surface area contributed by atoms with Crippen molar-refractivity contribution in [2.75, 3.05) is 7.11 Å². The minimum absolute atomic E-state index is 0.0894. The number of hydrogen-bond acceptors (Lipinski definition) is 5. The molecule has 0 unspecified atom stereocenters. The first-order chi connectivity index (χ1) is 10.5. The highest BCUT2D eigenvalue weighted by Crippen LogP contribution is 2.39. The summed E-state index contributed by atoms with van der Waals surface area (Å²) in [6.45, 7) is 0. The molecular weight excluding hydrogens is 418 g/mol. The van der Waals surface area contributed by atoms with Crippen molar-refractivity contribution in [1.82, 2.24) is 10.4 Å². The maximum atomic E-state index is 11.8. The standard InChI is InChI=1S/C14H11Br2N3O3/c1-22-11-6-9(15)12(16)8(13(11)20)7-18-19-14(21)10-4-2-3-5-17-10/h2-7,20H,1H3,(H,19,21)/b18-7+. The number of halogens is 2. The molecule has 2 rings (SSSR count). The minimum atomic E-state index is -0.450. The van der Waals surface area contributed by atoms with E-state index >= 15 is 0 Å². The predicted molar refractivity (Wildman–Crippen MR) is 89.4 cm³/mol. The van der Waals surface area contributed by atoms with Crippen LogP contribution in [-0.2, 0) is 0 Å². The van der Waals surface area contributed by atoms with E-state index in [-0.39, 0.29) is 17.2 Å². The molecule has 0 bridgehead atoms. The number of ether oxygens (including phenoxy) is 1. The zero-order chi connectivity index (χ0) is 16.1. The Kier molecular flexibility index (Phi) is 5.51. The van der Waals surface area contributed by atoms with Crippen molar-refractivity contribution in [1.29, 1.82) is 0 Å². The van der Waals surface area contributed by atoms with Crippen LogP contribution in [0.25, 0.3) is 0 Å². The molecule has 2 aromatic rings. The molecule has 1 aromatic heterocycles. The van der Waals surface area contributed by atoms with Gasteiger partial charge in [0.2, 0.25) is 0 Å². The Balaban J connectivity index is 2.20. The number of nitrogens with zero attached hydrogens (tertiary/aromatic N) is 2. The van der Waals surface area contributed by atoms with Crippen LogP contribution >= 0.6 is 31.9 Å². The Morgan fingerprint density at radius 1 is 1.45 bits per heavy atom. The molecule has 0 saturated heterocycles. The summed E-state index contributed by atoms with van der Waals surface area (Å²) in [7, 11) is 1.44. The van der Waals surface area contributed by atoms with Crippen molar-refractivity contribution in [3.8, 4) is 11.5 Å². The Morgan fingerprint density at radius 2 is 2.23 bits per heavy atom. The topological polar surface area (TPSA) is 83.8 Å². The summed E-state index contributed by atoms with van der Waals surface area (Å²) in [5.74, 6) is -0.254. The van der Waals surface area contributed by atoms with Crippen LogP contribution in [0.4, 0.5) is 0 Å². The van der Waals surface area contributed by atoms with Crippen LogP contribution in [0.1, 0.15) is 16.1 Å². The number of methoxy groups -OCH3 is 1. The molecule has 0 aliphatic heterocycles. The van der Waals surface area contributed by atoms with Gasteiger partial charge in [0.25, 0.3) is 5.91 Å². The van der Waals surface area contributed by atoms with Crippen molar-refractivity contribution < 1.29 is 14.6 Å². The van der Waals surface area contributed by atoms with Crippen molar-refractivity contribution in [3.63, 3.8) is 0 Å².